The molecule has 2 amide bonds. The van der Waals surface area contributed by atoms with Gasteiger partial charge in [-0.15, -0.1) is 23.5 Å². The van der Waals surface area contributed by atoms with Gasteiger partial charge in [-0.2, -0.15) is 0 Å². The van der Waals surface area contributed by atoms with Gasteiger partial charge in [0, 0.05) is 39.8 Å². The Bertz CT molecular complexity index is 775. The molecule has 25 heavy (non-hydrogen) atoms. The maximum absolute atomic E-state index is 12.3. The first-order valence-corrected chi connectivity index (χ1v) is 10.1. The topological polar surface area (TPSA) is 58.2 Å². The molecule has 4 nitrogen and oxygen atoms in total. The van der Waals surface area contributed by atoms with E-state index in [0.29, 0.717) is 18.5 Å². The van der Waals surface area contributed by atoms with Gasteiger partial charge in [0.2, 0.25) is 5.91 Å². The predicted octanol–water partition coefficient (Wildman–Crippen LogP) is 3.95. The molecule has 0 radical (unpaired) electrons. The highest BCUT2D eigenvalue weighted by Crippen LogP contribution is 2.31. The molecular weight excluding hydrogens is 352 g/mol. The van der Waals surface area contributed by atoms with Gasteiger partial charge in [-0.25, -0.2) is 0 Å². The number of amides is 2. The normalized spacial score (nSPS) is 13.6. The van der Waals surface area contributed by atoms with Crippen molar-refractivity contribution in [3.8, 4) is 0 Å². The Morgan fingerprint density at radius 1 is 1.24 bits per heavy atom. The molecule has 0 atom stereocenters. The number of nitrogens with one attached hydrogen (secondary N) is 2. The molecule has 3 rings (SSSR count). The predicted molar refractivity (Wildman–Crippen MR) is 105 cm³/mol. The summed E-state index contributed by atoms with van der Waals surface area (Å²) < 4.78 is 0. The summed E-state index contributed by atoms with van der Waals surface area (Å²) in [5.41, 5.74) is 2.54. The van der Waals surface area contributed by atoms with E-state index in [4.69, 9.17) is 0 Å². The van der Waals surface area contributed by atoms with Crippen molar-refractivity contribution in [2.24, 2.45) is 0 Å². The zero-order valence-electron chi connectivity index (χ0n) is 14.0. The van der Waals surface area contributed by atoms with E-state index in [1.54, 1.807) is 29.6 Å². The van der Waals surface area contributed by atoms with Crippen LogP contribution in [-0.4, -0.2) is 29.9 Å². The Kier molecular flexibility index (Phi) is 6.04. The third-order valence-corrected chi connectivity index (χ3v) is 5.87. The number of benzene rings is 2. The van der Waals surface area contributed by atoms with Gasteiger partial charge in [0.25, 0.3) is 5.91 Å². The number of hydrogen-bond acceptors (Lipinski definition) is 4. The van der Waals surface area contributed by atoms with Gasteiger partial charge in [-0.05, 0) is 37.3 Å². The molecule has 130 valence electrons. The minimum atomic E-state index is -0.115. The maximum Gasteiger partial charge on any atom is 0.251 e. The van der Waals surface area contributed by atoms with E-state index in [-0.39, 0.29) is 11.8 Å². The van der Waals surface area contributed by atoms with Gasteiger partial charge < -0.3 is 10.6 Å². The largest absolute Gasteiger partial charge is 0.351 e. The first kappa shape index (κ1) is 17.9. The van der Waals surface area contributed by atoms with Gasteiger partial charge in [0.15, 0.2) is 0 Å². The Morgan fingerprint density at radius 3 is 2.84 bits per heavy atom. The number of hydrogen-bond donors (Lipinski definition) is 2. The third-order valence-electron chi connectivity index (χ3n) is 3.78. The zero-order valence-corrected chi connectivity index (χ0v) is 15.6. The lowest BCUT2D eigenvalue weighted by Gasteiger charge is -2.10. The zero-order chi connectivity index (χ0) is 17.6. The third kappa shape index (κ3) is 5.03. The Hall–Kier alpha value is -1.92. The molecule has 1 aliphatic rings. The fourth-order valence-corrected chi connectivity index (χ4v) is 4.14. The second-order valence-corrected chi connectivity index (χ2v) is 8.08. The number of aryl methyl sites for hydroxylation is 1. The van der Waals surface area contributed by atoms with Crippen molar-refractivity contribution < 1.29 is 9.59 Å². The van der Waals surface area contributed by atoms with Crippen molar-refractivity contribution >= 4 is 41.0 Å². The Balaban J connectivity index is 1.53. The van der Waals surface area contributed by atoms with Crippen LogP contribution in [0.2, 0.25) is 0 Å². The molecule has 0 saturated carbocycles. The van der Waals surface area contributed by atoms with Crippen LogP contribution in [-0.2, 0) is 4.79 Å². The molecule has 0 bridgehead atoms. The summed E-state index contributed by atoms with van der Waals surface area (Å²) in [4.78, 5) is 26.2. The summed E-state index contributed by atoms with van der Waals surface area (Å²) >= 11 is 3.35. The average molecular weight is 373 g/mol. The standard InChI is InChI=1S/C19H20N2O2S2/c1-13-2-5-15(6-3-13)24-11-9-20-19(23)14-4-7-17-16(12-14)21-18(22)8-10-25-17/h2-7,12H,8-11H2,1H3,(H,20,23)(H,21,22). The molecule has 6 heteroatoms. The van der Waals surface area contributed by atoms with Gasteiger partial charge in [-0.3, -0.25) is 9.59 Å². The highest BCUT2D eigenvalue weighted by atomic mass is 32.2. The summed E-state index contributed by atoms with van der Waals surface area (Å²) in [6, 6.07) is 13.8. The number of thioether (sulfide) groups is 2. The summed E-state index contributed by atoms with van der Waals surface area (Å²) in [6.07, 6.45) is 0.497. The van der Waals surface area contributed by atoms with Crippen molar-refractivity contribution in [2.75, 3.05) is 23.4 Å². The van der Waals surface area contributed by atoms with E-state index in [1.807, 2.05) is 12.1 Å². The van der Waals surface area contributed by atoms with Crippen molar-refractivity contribution in [3.05, 3.63) is 53.6 Å². The molecule has 0 unspecified atom stereocenters. The van der Waals surface area contributed by atoms with Crippen LogP contribution in [0.3, 0.4) is 0 Å². The number of fused-ring (bicyclic) bond motifs is 1. The van der Waals surface area contributed by atoms with Gasteiger partial charge in [-0.1, -0.05) is 17.7 Å². The molecular formula is C19H20N2O2S2. The second-order valence-electron chi connectivity index (χ2n) is 5.77. The van der Waals surface area contributed by atoms with Crippen molar-refractivity contribution in [1.29, 1.82) is 0 Å². The molecule has 1 heterocycles. The average Bonchev–Trinajstić information content (AvgIpc) is 2.79. The summed E-state index contributed by atoms with van der Waals surface area (Å²) in [5, 5.41) is 5.80. The van der Waals surface area contributed by atoms with E-state index in [2.05, 4.69) is 41.8 Å². The fraction of sp³-hybridized carbons (Fsp3) is 0.263. The van der Waals surface area contributed by atoms with Crippen LogP contribution < -0.4 is 10.6 Å². The SMILES string of the molecule is Cc1ccc(SCCNC(=O)c2ccc3c(c2)NC(=O)CCS3)cc1. The molecule has 0 spiro atoms. The first-order chi connectivity index (χ1) is 12.1. The number of anilines is 1. The number of carbonyl (C=O) groups excluding carboxylic acids is 2. The molecule has 1 aliphatic heterocycles. The monoisotopic (exact) mass is 372 g/mol. The van der Waals surface area contributed by atoms with Crippen LogP contribution in [0, 0.1) is 6.92 Å². The molecule has 0 aromatic heterocycles. The lowest BCUT2D eigenvalue weighted by Crippen LogP contribution is -2.25. The Morgan fingerprint density at radius 2 is 2.04 bits per heavy atom. The smallest absolute Gasteiger partial charge is 0.251 e. The number of carbonyl (C=O) groups is 2. The van der Waals surface area contributed by atoms with Crippen molar-refractivity contribution in [2.45, 2.75) is 23.1 Å². The molecule has 0 fully saturated rings. The molecule has 0 aliphatic carbocycles. The Labute approximate surface area is 156 Å². The quantitative estimate of drug-likeness (QED) is 0.616. The van der Waals surface area contributed by atoms with Crippen LogP contribution in [0.5, 0.6) is 0 Å². The van der Waals surface area contributed by atoms with E-state index in [9.17, 15) is 9.59 Å². The van der Waals surface area contributed by atoms with Gasteiger partial charge in [0.05, 0.1) is 5.69 Å². The number of rotatable bonds is 5. The maximum atomic E-state index is 12.3. The van der Waals surface area contributed by atoms with Crippen LogP contribution in [0.15, 0.2) is 52.3 Å². The lowest BCUT2D eigenvalue weighted by molar-refractivity contribution is -0.115. The van der Waals surface area contributed by atoms with Crippen molar-refractivity contribution in [3.63, 3.8) is 0 Å². The fourth-order valence-electron chi connectivity index (χ4n) is 2.43. The van der Waals surface area contributed by atoms with E-state index < -0.39 is 0 Å². The van der Waals surface area contributed by atoms with Crippen LogP contribution in [0.25, 0.3) is 0 Å². The van der Waals surface area contributed by atoms with Crippen molar-refractivity contribution in [1.82, 2.24) is 5.32 Å². The van der Waals surface area contributed by atoms with E-state index in [0.717, 1.165) is 22.1 Å². The summed E-state index contributed by atoms with van der Waals surface area (Å²) in [5.74, 6) is 1.46. The van der Waals surface area contributed by atoms with Crippen LogP contribution >= 0.6 is 23.5 Å². The molecule has 2 aromatic rings. The highest BCUT2D eigenvalue weighted by molar-refractivity contribution is 7.99. The minimum Gasteiger partial charge on any atom is -0.351 e. The minimum absolute atomic E-state index is 0.00157. The molecule has 2 aromatic carbocycles. The molecule has 2 N–H and O–H groups in total. The van der Waals surface area contributed by atoms with E-state index >= 15 is 0 Å². The second kappa shape index (κ2) is 8.45. The van der Waals surface area contributed by atoms with Crippen LogP contribution in [0.4, 0.5) is 5.69 Å². The summed E-state index contributed by atoms with van der Waals surface area (Å²) in [7, 11) is 0. The van der Waals surface area contributed by atoms with Gasteiger partial charge in [0.1, 0.15) is 0 Å². The highest BCUT2D eigenvalue weighted by Gasteiger charge is 2.15. The first-order valence-electron chi connectivity index (χ1n) is 8.16. The van der Waals surface area contributed by atoms with E-state index in [1.165, 1.54) is 10.5 Å². The molecule has 0 saturated heterocycles. The lowest BCUT2D eigenvalue weighted by atomic mass is 10.2. The summed E-state index contributed by atoms with van der Waals surface area (Å²) in [6.45, 7) is 2.66. The van der Waals surface area contributed by atoms with Gasteiger partial charge >= 0.3 is 0 Å². The van der Waals surface area contributed by atoms with Crippen LogP contribution in [0.1, 0.15) is 22.3 Å².